The van der Waals surface area contributed by atoms with Crippen LogP contribution in [0.5, 0.6) is 0 Å². The first-order chi connectivity index (χ1) is 43.2. The monoisotopic (exact) mass is 1300 g/mol. The van der Waals surface area contributed by atoms with Crippen molar-refractivity contribution >= 4 is 66.3 Å². The summed E-state index contributed by atoms with van der Waals surface area (Å²) in [6.45, 7) is 1.77. The number of aromatic amines is 2. The average molecular weight is 1300 g/mol. The molecule has 33 nitrogen and oxygen atoms in total. The fourth-order valence-corrected chi connectivity index (χ4v) is 9.73. The van der Waals surface area contributed by atoms with E-state index >= 15 is 0 Å². The summed E-state index contributed by atoms with van der Waals surface area (Å²) >= 11 is 3.32. The molecule has 0 bridgehead atoms. The zero-order chi connectivity index (χ0) is 66.0. The summed E-state index contributed by atoms with van der Waals surface area (Å²) in [6, 6.07) is 4.19. The lowest BCUT2D eigenvalue weighted by Crippen LogP contribution is -2.39. The highest BCUT2D eigenvalue weighted by Crippen LogP contribution is 2.10. The standard InChI is InChI=1S/C14H19N7O2.C13H18N8O2.C13H17N5O2.C7H8N4O2.C6H10BrN.CH3F/c1-19-9-15-12-11(19)13(22)21(14(23)20(12)2)7-5-3-4-6-10-8-16-18-17-10;1-19-8-14-11-10(19)12(22)21(13(23)20(11)2)7-5-3-4-6-9-15-17-18-16-9;1-16-9-15-11-10(16)12(19)18(13(20)17(11)2)8-6-4-3-5-7-14;1-10-3-8-5-4(10)6(12)9-7(13)11(5)2;7-5-3-1-2-4-6-8;1-2/h9H,3-8H2,1-2H3;8H,3-7H2,1-2H3,(H,15,16,17,18);9H,3-6,8H2,1-2H3;3H,1-2H3,(H,9,12,13);1-5H2;1H3/i;;;;;1D. The van der Waals surface area contributed by atoms with Gasteiger partial charge in [-0.15, -0.1) is 15.3 Å². The summed E-state index contributed by atoms with van der Waals surface area (Å²) in [7, 11) is 12.4. The number of aryl methyl sites for hydroxylation is 9. The molecule has 89 heavy (non-hydrogen) atoms. The van der Waals surface area contributed by atoms with Gasteiger partial charge in [0.2, 0.25) is 0 Å². The van der Waals surface area contributed by atoms with Gasteiger partial charge in [-0.25, -0.2) is 39.1 Å². The Hall–Kier alpha value is -9.67. The zero-order valence-corrected chi connectivity index (χ0v) is 52.8. The first kappa shape index (κ1) is 68.4. The maximum Gasteiger partial charge on any atom is 0.332 e. The second-order valence-corrected chi connectivity index (χ2v) is 21.2. The van der Waals surface area contributed by atoms with E-state index in [1.54, 1.807) is 87.3 Å². The third-order valence-electron chi connectivity index (χ3n) is 14.2. The molecule has 0 aliphatic carbocycles. The van der Waals surface area contributed by atoms with Gasteiger partial charge in [-0.2, -0.15) is 20.9 Å². The normalized spacial score (nSPS) is 11.6. The summed E-state index contributed by atoms with van der Waals surface area (Å²) in [5.41, 5.74) is 1.65. The number of nitrogens with one attached hydrogen (secondary N) is 2. The molecular formula is C54H75BrFN25O8. The summed E-state index contributed by atoms with van der Waals surface area (Å²) in [4.78, 5) is 115. The molecule has 9 aromatic rings. The molecule has 0 atom stereocenters. The van der Waals surface area contributed by atoms with Crippen molar-refractivity contribution in [2.45, 2.75) is 122 Å². The maximum absolute atomic E-state index is 12.5. The SMILES string of the molecule is Cn1cnc2c1c(=O)[nH]c(=O)n2C.Cn1cnc2c1c(=O)n(CCCCCC#N)c(=O)n2C.Cn1cnc2c1c(=O)n(CCCCCC1=NN=NC1)c(=O)n2C.Cn1cnc2c1c(=O)n(CCCCCc1nn[nH]n1)c(=O)n2C.N#CCCCCCBr.[2H]CF. The molecule has 2 N–H and O–H groups in total. The maximum atomic E-state index is 12.5. The number of hydrogen-bond acceptors (Lipinski definition) is 20. The van der Waals surface area contributed by atoms with E-state index in [2.05, 4.69) is 89.1 Å². The largest absolute Gasteiger partial charge is 0.332 e. The van der Waals surface area contributed by atoms with Crippen LogP contribution in [0.3, 0.4) is 0 Å². The van der Waals surface area contributed by atoms with Gasteiger partial charge in [-0.05, 0) is 63.0 Å². The molecule has 0 radical (unpaired) electrons. The van der Waals surface area contributed by atoms with E-state index in [4.69, 9.17) is 11.9 Å². The summed E-state index contributed by atoms with van der Waals surface area (Å²) in [5.74, 6) is 0.675. The Morgan fingerprint density at radius 1 is 0.551 bits per heavy atom. The molecule has 1 aliphatic rings. The molecule has 10 heterocycles. The second-order valence-electron chi connectivity index (χ2n) is 20.5. The van der Waals surface area contributed by atoms with Gasteiger partial charge < -0.3 is 18.3 Å². The Morgan fingerprint density at radius 2 is 0.944 bits per heavy atom. The Kier molecular flexibility index (Phi) is 26.6. The lowest BCUT2D eigenvalue weighted by atomic mass is 10.1. The zero-order valence-electron chi connectivity index (χ0n) is 52.2. The minimum absolute atomic E-state index is 0.277. The number of nitrogens with zero attached hydrogens (tertiary/aromatic N) is 23. The van der Waals surface area contributed by atoms with Crippen LogP contribution in [-0.4, -0.2) is 121 Å². The van der Waals surface area contributed by atoms with Gasteiger partial charge in [0.05, 0.1) is 51.7 Å². The second kappa shape index (κ2) is 34.6. The molecule has 35 heteroatoms. The third-order valence-corrected chi connectivity index (χ3v) is 14.8. The molecule has 0 spiro atoms. The highest BCUT2D eigenvalue weighted by molar-refractivity contribution is 9.09. The Morgan fingerprint density at radius 3 is 1.33 bits per heavy atom. The van der Waals surface area contributed by atoms with Gasteiger partial charge in [-0.1, -0.05) is 46.8 Å². The van der Waals surface area contributed by atoms with Gasteiger partial charge >= 0.3 is 22.8 Å². The average Bonchev–Trinajstić information content (AvgIpc) is 1.56. The van der Waals surface area contributed by atoms with Crippen LogP contribution in [-0.2, 0) is 82.4 Å². The van der Waals surface area contributed by atoms with Crippen LogP contribution >= 0.6 is 15.9 Å². The van der Waals surface area contributed by atoms with Crippen molar-refractivity contribution in [3.05, 3.63) is 114 Å². The molecule has 0 unspecified atom stereocenters. The van der Waals surface area contributed by atoms with Crippen LogP contribution in [0.1, 0.15) is 104 Å². The Bertz CT molecular complexity index is 4500. The van der Waals surface area contributed by atoms with Crippen molar-refractivity contribution in [3.8, 4) is 12.1 Å². The van der Waals surface area contributed by atoms with E-state index in [0.29, 0.717) is 95.9 Å². The lowest BCUT2D eigenvalue weighted by Gasteiger charge is -2.08. The molecule has 9 aromatic heterocycles. The van der Waals surface area contributed by atoms with E-state index in [-0.39, 0.29) is 33.7 Å². The van der Waals surface area contributed by atoms with Crippen LogP contribution < -0.4 is 45.0 Å². The highest BCUT2D eigenvalue weighted by atomic mass is 79.9. The fraction of sp³-hybridized carbons (Fsp3) is 0.556. The van der Waals surface area contributed by atoms with Crippen LogP contribution in [0, 0.1) is 22.7 Å². The molecule has 478 valence electrons. The quantitative estimate of drug-likeness (QED) is 0.0771. The van der Waals surface area contributed by atoms with E-state index in [1.807, 2.05) is 0 Å². The fourth-order valence-electron chi connectivity index (χ4n) is 9.33. The molecule has 0 fully saturated rings. The number of alkyl halides is 2. The van der Waals surface area contributed by atoms with Crippen LogP contribution in [0.15, 0.2) is 79.1 Å². The molecule has 10 rings (SSSR count). The van der Waals surface area contributed by atoms with Gasteiger partial charge in [0.15, 0.2) is 50.5 Å². The Balaban J connectivity index is 0.000000209. The molecule has 0 saturated heterocycles. The van der Waals surface area contributed by atoms with Gasteiger partial charge in [-0.3, -0.25) is 60.5 Å². The van der Waals surface area contributed by atoms with Crippen molar-refractivity contribution in [1.82, 2.24) is 95.8 Å². The number of halogens is 2. The summed E-state index contributed by atoms with van der Waals surface area (Å²) in [6.07, 6.45) is 19.8. The molecule has 0 saturated carbocycles. The minimum atomic E-state index is -1.00. The molecular weight excluding hydrogens is 1230 g/mol. The van der Waals surface area contributed by atoms with E-state index in [1.165, 1.54) is 57.5 Å². The van der Waals surface area contributed by atoms with Crippen LogP contribution in [0.2, 0.25) is 0 Å². The minimum Gasteiger partial charge on any atom is -0.328 e. The Labute approximate surface area is 516 Å². The van der Waals surface area contributed by atoms with Crippen molar-refractivity contribution < 1.29 is 5.76 Å². The van der Waals surface area contributed by atoms with Crippen molar-refractivity contribution in [2.75, 3.05) is 19.0 Å². The third kappa shape index (κ3) is 17.8. The highest BCUT2D eigenvalue weighted by Gasteiger charge is 2.18. The van der Waals surface area contributed by atoms with Gasteiger partial charge in [0.1, 0.15) is 6.54 Å². The predicted molar refractivity (Wildman–Crippen MR) is 334 cm³/mol. The van der Waals surface area contributed by atoms with E-state index in [0.717, 1.165) is 81.7 Å². The lowest BCUT2D eigenvalue weighted by molar-refractivity contribution is 0.538. The van der Waals surface area contributed by atoms with Gasteiger partial charge in [0.25, 0.3) is 22.2 Å². The van der Waals surface area contributed by atoms with Crippen LogP contribution in [0.4, 0.5) is 4.39 Å². The van der Waals surface area contributed by atoms with Gasteiger partial charge in [0, 0.05) is 101 Å². The topological polar surface area (TPSA) is 397 Å². The summed E-state index contributed by atoms with van der Waals surface area (Å²) < 4.78 is 31.3. The number of nitriles is 2. The molecule has 0 amide bonds. The summed E-state index contributed by atoms with van der Waals surface area (Å²) in [5, 5.41) is 42.6. The number of H-pyrrole nitrogens is 2. The number of tetrazole rings is 1. The van der Waals surface area contributed by atoms with E-state index < -0.39 is 18.4 Å². The first-order valence-corrected chi connectivity index (χ1v) is 29.5. The molecule has 0 aromatic carbocycles. The van der Waals surface area contributed by atoms with Crippen molar-refractivity contribution in [2.24, 2.45) is 71.8 Å². The van der Waals surface area contributed by atoms with Crippen molar-refractivity contribution in [1.29, 1.82) is 10.5 Å². The van der Waals surface area contributed by atoms with Crippen LogP contribution in [0.25, 0.3) is 44.7 Å². The predicted octanol–water partition coefficient (Wildman–Crippen LogP) is 2.70. The van der Waals surface area contributed by atoms with Crippen molar-refractivity contribution in [3.63, 3.8) is 0 Å². The number of rotatable bonds is 21. The smallest absolute Gasteiger partial charge is 0.328 e. The number of aromatic nitrogens is 20. The number of imidazole rings is 4. The first-order valence-electron chi connectivity index (χ1n) is 29.1. The molecule has 1 aliphatic heterocycles. The number of fused-ring (bicyclic) bond motifs is 4. The van der Waals surface area contributed by atoms with E-state index in [9.17, 15) is 42.7 Å². The number of unbranched alkanes of at least 4 members (excludes halogenated alkanes) is 10. The number of hydrogen-bond donors (Lipinski definition) is 2.